The van der Waals surface area contributed by atoms with Crippen LogP contribution in [0.5, 0.6) is 11.5 Å². The van der Waals surface area contributed by atoms with Crippen molar-refractivity contribution in [2.75, 3.05) is 16.5 Å². The summed E-state index contributed by atoms with van der Waals surface area (Å²) in [6.45, 7) is 7.32. The first kappa shape index (κ1) is 35.4. The van der Waals surface area contributed by atoms with E-state index in [0.29, 0.717) is 6.67 Å². The predicted molar refractivity (Wildman–Crippen MR) is 252 cm³/mol. The van der Waals surface area contributed by atoms with Crippen LogP contribution in [-0.2, 0) is 19.5 Å². The summed E-state index contributed by atoms with van der Waals surface area (Å²) in [5, 5.41) is 7.21. The van der Waals surface area contributed by atoms with Crippen molar-refractivity contribution in [3.8, 4) is 17.3 Å². The number of hydrogen-bond acceptors (Lipinski definition) is 5. The van der Waals surface area contributed by atoms with Crippen molar-refractivity contribution in [2.24, 2.45) is 14.1 Å². The topological polar surface area (TPSA) is 56.3 Å². The maximum Gasteiger partial charge on any atom is 0.137 e. The van der Waals surface area contributed by atoms with Crippen molar-refractivity contribution in [2.45, 2.75) is 26.2 Å². The van der Waals surface area contributed by atoms with Crippen molar-refractivity contribution in [3.05, 3.63) is 164 Å². The Hall–Kier alpha value is -7.58. The SMILES string of the molecule is Cn1c2ccccc2c2cc3c4ccccc4n(C)c3c(N3CN(c4cccc(Oc5ccc6c7cnccc7n(-c7cc(C(C)(C)C)ccn7)c6c5)c4)c4ccccc43)c21. The van der Waals surface area contributed by atoms with Gasteiger partial charge in [0.2, 0.25) is 0 Å². The highest BCUT2D eigenvalue weighted by atomic mass is 16.5. The second-order valence-corrected chi connectivity index (χ2v) is 17.3. The molecule has 0 aliphatic carbocycles. The lowest BCUT2D eigenvalue weighted by atomic mass is 9.88. The van der Waals surface area contributed by atoms with Gasteiger partial charge in [0, 0.05) is 93.9 Å². The van der Waals surface area contributed by atoms with Crippen LogP contribution < -0.4 is 14.5 Å². The first-order valence-electron chi connectivity index (χ1n) is 20.9. The number of benzene rings is 6. The van der Waals surface area contributed by atoms with E-state index in [1.165, 1.54) is 54.9 Å². The first-order chi connectivity index (χ1) is 29.7. The molecule has 0 N–H and O–H groups in total. The third-order valence-electron chi connectivity index (χ3n) is 12.8. The van der Waals surface area contributed by atoms with Gasteiger partial charge in [-0.25, -0.2) is 4.98 Å². The van der Waals surface area contributed by atoms with E-state index in [1.807, 2.05) is 24.7 Å². The number of rotatable bonds is 5. The van der Waals surface area contributed by atoms with Gasteiger partial charge in [0.15, 0.2) is 0 Å². The van der Waals surface area contributed by atoms with Gasteiger partial charge in [-0.2, -0.15) is 0 Å². The Morgan fingerprint density at radius 1 is 0.525 bits per heavy atom. The van der Waals surface area contributed by atoms with Crippen LogP contribution >= 0.6 is 0 Å². The summed E-state index contributed by atoms with van der Waals surface area (Å²) in [7, 11) is 4.41. The second-order valence-electron chi connectivity index (χ2n) is 17.3. The van der Waals surface area contributed by atoms with E-state index in [1.54, 1.807) is 0 Å². The largest absolute Gasteiger partial charge is 0.457 e. The van der Waals surface area contributed by atoms with E-state index in [4.69, 9.17) is 9.72 Å². The molecule has 1 aliphatic rings. The minimum atomic E-state index is -0.0181. The highest BCUT2D eigenvalue weighted by Crippen LogP contribution is 2.51. The van der Waals surface area contributed by atoms with Crippen molar-refractivity contribution < 1.29 is 4.74 Å². The van der Waals surface area contributed by atoms with E-state index >= 15 is 0 Å². The molecule has 0 amide bonds. The molecule has 0 saturated carbocycles. The minimum Gasteiger partial charge on any atom is -0.457 e. The molecule has 6 heterocycles. The number of fused-ring (bicyclic) bond motifs is 10. The van der Waals surface area contributed by atoms with Gasteiger partial charge >= 0.3 is 0 Å². The second kappa shape index (κ2) is 13.0. The summed E-state index contributed by atoms with van der Waals surface area (Å²) in [5.74, 6) is 2.38. The first-order valence-corrected chi connectivity index (χ1v) is 20.9. The average molecular weight is 794 g/mol. The van der Waals surface area contributed by atoms with Gasteiger partial charge in [-0.05, 0) is 83.8 Å². The molecule has 8 heteroatoms. The molecule has 12 rings (SSSR count). The molecule has 0 unspecified atom stereocenters. The fourth-order valence-corrected chi connectivity index (χ4v) is 9.86. The summed E-state index contributed by atoms with van der Waals surface area (Å²) < 4.78 is 13.7. The van der Waals surface area contributed by atoms with E-state index < -0.39 is 0 Å². The molecule has 0 fully saturated rings. The third kappa shape index (κ3) is 5.24. The Morgan fingerprint density at radius 3 is 1.90 bits per heavy atom. The van der Waals surface area contributed by atoms with Crippen molar-refractivity contribution >= 4 is 88.2 Å². The molecule has 6 aromatic carbocycles. The molecule has 61 heavy (non-hydrogen) atoms. The van der Waals surface area contributed by atoms with E-state index in [-0.39, 0.29) is 5.41 Å². The van der Waals surface area contributed by atoms with Crippen LogP contribution in [0.1, 0.15) is 26.3 Å². The zero-order valence-electron chi connectivity index (χ0n) is 34.8. The number of anilines is 4. The molecule has 0 radical (unpaired) electrons. The summed E-state index contributed by atoms with van der Waals surface area (Å²) in [6, 6.07) is 49.8. The van der Waals surface area contributed by atoms with E-state index in [2.05, 4.69) is 197 Å². The molecular formula is C53H43N7O. The molecule has 8 nitrogen and oxygen atoms in total. The quantitative estimate of drug-likeness (QED) is 0.174. The number of pyridine rings is 2. The molecule has 5 aromatic heterocycles. The third-order valence-corrected chi connectivity index (χ3v) is 12.8. The Kier molecular flexibility index (Phi) is 7.51. The zero-order valence-corrected chi connectivity index (χ0v) is 34.8. The Labute approximate surface area is 353 Å². The van der Waals surface area contributed by atoms with Crippen LogP contribution in [0.2, 0.25) is 0 Å². The predicted octanol–water partition coefficient (Wildman–Crippen LogP) is 13.2. The van der Waals surface area contributed by atoms with Gasteiger partial charge in [0.1, 0.15) is 24.0 Å². The number of hydrogen-bond donors (Lipinski definition) is 0. The maximum atomic E-state index is 6.77. The van der Waals surface area contributed by atoms with E-state index in [9.17, 15) is 0 Å². The van der Waals surface area contributed by atoms with Gasteiger partial charge in [0.25, 0.3) is 0 Å². The van der Waals surface area contributed by atoms with Crippen molar-refractivity contribution in [1.29, 1.82) is 0 Å². The Morgan fingerprint density at radius 2 is 1.18 bits per heavy atom. The molecule has 11 aromatic rings. The van der Waals surface area contributed by atoms with E-state index in [0.717, 1.165) is 56.2 Å². The highest BCUT2D eigenvalue weighted by molar-refractivity contribution is 6.25. The Balaban J connectivity index is 0.969. The highest BCUT2D eigenvalue weighted by Gasteiger charge is 2.33. The summed E-state index contributed by atoms with van der Waals surface area (Å²) >= 11 is 0. The average Bonchev–Trinajstić information content (AvgIpc) is 4.00. The van der Waals surface area contributed by atoms with Crippen molar-refractivity contribution in [3.63, 3.8) is 0 Å². The van der Waals surface area contributed by atoms with Gasteiger partial charge < -0.3 is 23.7 Å². The van der Waals surface area contributed by atoms with Crippen molar-refractivity contribution in [1.82, 2.24) is 23.7 Å². The van der Waals surface area contributed by atoms with Gasteiger partial charge in [-0.15, -0.1) is 0 Å². The van der Waals surface area contributed by atoms with Gasteiger partial charge in [-0.3, -0.25) is 9.55 Å². The van der Waals surface area contributed by atoms with Gasteiger partial charge in [-0.1, -0.05) is 75.4 Å². The number of ether oxygens (including phenoxy) is 1. The number of nitrogens with zero attached hydrogens (tertiary/aromatic N) is 7. The van der Waals surface area contributed by atoms with Crippen LogP contribution in [0.25, 0.3) is 71.2 Å². The fraction of sp³-hybridized carbons (Fsp3) is 0.132. The lowest BCUT2D eigenvalue weighted by Gasteiger charge is -2.25. The monoisotopic (exact) mass is 793 g/mol. The lowest BCUT2D eigenvalue weighted by molar-refractivity contribution is 0.483. The number of aryl methyl sites for hydroxylation is 2. The molecule has 0 saturated heterocycles. The van der Waals surface area contributed by atoms with Gasteiger partial charge in [0.05, 0.1) is 39.1 Å². The normalized spacial score (nSPS) is 13.2. The smallest absolute Gasteiger partial charge is 0.137 e. The molecular weight excluding hydrogens is 751 g/mol. The minimum absolute atomic E-state index is 0.0181. The van der Waals surface area contributed by atoms with Crippen LogP contribution in [0.4, 0.5) is 22.7 Å². The maximum absolute atomic E-state index is 6.77. The Bertz CT molecular complexity index is 3490. The fourth-order valence-electron chi connectivity index (χ4n) is 9.86. The molecule has 0 atom stereocenters. The zero-order chi connectivity index (χ0) is 41.1. The summed E-state index contributed by atoms with van der Waals surface area (Å²) in [4.78, 5) is 14.3. The van der Waals surface area contributed by atoms with Crippen LogP contribution in [-0.4, -0.2) is 30.3 Å². The molecule has 1 aliphatic heterocycles. The standard InChI is InChI=1S/C53H43N7O/c1-53(2,3)33-23-26-55-49(27-33)60-45-24-25-54-31-42(45)39-22-21-36(29-48(39)60)61-35-14-12-13-34(28-35)58-32-59(47-20-11-10-19-46(47)58)52-50-40(37-15-6-8-17-43(37)56(50)4)30-41-38-16-7-9-18-44(38)57(5)51(41)52/h6-31H,32H2,1-5H3. The van der Waals surface area contributed by atoms with Crippen LogP contribution in [0.3, 0.4) is 0 Å². The summed E-state index contributed by atoms with van der Waals surface area (Å²) in [5.41, 5.74) is 12.7. The molecule has 296 valence electrons. The molecule has 0 spiro atoms. The number of aromatic nitrogens is 5. The lowest BCUT2D eigenvalue weighted by Crippen LogP contribution is -2.25. The number of para-hydroxylation sites is 4. The van der Waals surface area contributed by atoms with Crippen LogP contribution in [0, 0.1) is 0 Å². The van der Waals surface area contributed by atoms with Crippen LogP contribution in [0.15, 0.2) is 158 Å². The molecule has 0 bridgehead atoms. The summed E-state index contributed by atoms with van der Waals surface area (Å²) in [6.07, 6.45) is 5.69.